The van der Waals surface area contributed by atoms with Gasteiger partial charge in [-0.15, -0.1) is 0 Å². The molecule has 0 aliphatic rings. The van der Waals surface area contributed by atoms with E-state index in [0.29, 0.717) is 35.4 Å². The molecule has 3 aromatic rings. The predicted molar refractivity (Wildman–Crippen MR) is 97.9 cm³/mol. The first-order valence-electron chi connectivity index (χ1n) is 8.37. The third-order valence-electron chi connectivity index (χ3n) is 3.92. The summed E-state index contributed by atoms with van der Waals surface area (Å²) in [7, 11) is 1.51. The first kappa shape index (κ1) is 18.3. The standard InChI is InChI=1S/C18H20N6O3/c1-4-24(10-16-20-11(2)23-27-16)17(25)13-7-5-12(6-8-13)14-9-15(26-3)22-18(19)21-14/h5-9H,4,10H2,1-3H3,(H2,19,21,22). The zero-order valence-electron chi connectivity index (χ0n) is 15.3. The Balaban J connectivity index is 1.79. The minimum absolute atomic E-state index is 0.122. The Kier molecular flexibility index (Phi) is 5.30. The van der Waals surface area contributed by atoms with E-state index in [2.05, 4.69) is 20.1 Å². The van der Waals surface area contributed by atoms with E-state index in [9.17, 15) is 4.79 Å². The molecule has 0 fully saturated rings. The number of methoxy groups -OCH3 is 1. The lowest BCUT2D eigenvalue weighted by Crippen LogP contribution is -2.30. The van der Waals surface area contributed by atoms with Crippen molar-refractivity contribution < 1.29 is 14.1 Å². The molecule has 140 valence electrons. The van der Waals surface area contributed by atoms with Crippen molar-refractivity contribution >= 4 is 11.9 Å². The van der Waals surface area contributed by atoms with E-state index in [4.69, 9.17) is 15.0 Å². The average molecular weight is 368 g/mol. The van der Waals surface area contributed by atoms with Crippen LogP contribution in [0.15, 0.2) is 34.9 Å². The van der Waals surface area contributed by atoms with Crippen molar-refractivity contribution in [2.75, 3.05) is 19.4 Å². The molecule has 0 saturated carbocycles. The highest BCUT2D eigenvalue weighted by Crippen LogP contribution is 2.22. The van der Waals surface area contributed by atoms with Gasteiger partial charge in [-0.05, 0) is 26.0 Å². The van der Waals surface area contributed by atoms with Crippen LogP contribution in [0.1, 0.15) is 29.0 Å². The fraction of sp³-hybridized carbons (Fsp3) is 0.278. The summed E-state index contributed by atoms with van der Waals surface area (Å²) in [5, 5.41) is 3.75. The Morgan fingerprint density at radius 3 is 2.56 bits per heavy atom. The second-order valence-corrected chi connectivity index (χ2v) is 5.79. The fourth-order valence-corrected chi connectivity index (χ4v) is 2.56. The summed E-state index contributed by atoms with van der Waals surface area (Å²) in [5.74, 6) is 1.32. The Morgan fingerprint density at radius 2 is 1.96 bits per heavy atom. The minimum atomic E-state index is -0.125. The van der Waals surface area contributed by atoms with Crippen molar-refractivity contribution in [3.63, 3.8) is 0 Å². The number of aromatic nitrogens is 4. The number of ether oxygens (including phenoxy) is 1. The molecular formula is C18H20N6O3. The summed E-state index contributed by atoms with van der Waals surface area (Å²) in [6, 6.07) is 8.77. The highest BCUT2D eigenvalue weighted by atomic mass is 16.5. The number of anilines is 1. The minimum Gasteiger partial charge on any atom is -0.481 e. The van der Waals surface area contributed by atoms with Crippen molar-refractivity contribution in [3.8, 4) is 17.1 Å². The number of rotatable bonds is 6. The number of carbonyl (C=O) groups is 1. The Bertz CT molecular complexity index is 939. The van der Waals surface area contributed by atoms with Gasteiger partial charge in [0, 0.05) is 23.7 Å². The molecule has 0 saturated heterocycles. The summed E-state index contributed by atoms with van der Waals surface area (Å²) in [6.45, 7) is 4.41. The van der Waals surface area contributed by atoms with Gasteiger partial charge >= 0.3 is 0 Å². The van der Waals surface area contributed by atoms with Gasteiger partial charge in [-0.25, -0.2) is 4.98 Å². The molecule has 0 radical (unpaired) electrons. The van der Waals surface area contributed by atoms with Gasteiger partial charge < -0.3 is 19.9 Å². The lowest BCUT2D eigenvalue weighted by molar-refractivity contribution is 0.0734. The van der Waals surface area contributed by atoms with Crippen LogP contribution in [-0.2, 0) is 6.54 Å². The molecule has 2 aromatic heterocycles. The lowest BCUT2D eigenvalue weighted by atomic mass is 10.1. The number of hydrogen-bond acceptors (Lipinski definition) is 8. The molecule has 2 heterocycles. The SMILES string of the molecule is CCN(Cc1nc(C)no1)C(=O)c1ccc(-c2cc(OC)nc(N)n2)cc1. The first-order valence-corrected chi connectivity index (χ1v) is 8.37. The molecule has 0 bridgehead atoms. The number of nitrogens with two attached hydrogens (primary N) is 1. The van der Waals surface area contributed by atoms with Crippen molar-refractivity contribution in [1.82, 2.24) is 25.0 Å². The molecule has 0 unspecified atom stereocenters. The number of hydrogen-bond donors (Lipinski definition) is 1. The van der Waals surface area contributed by atoms with Crippen LogP contribution in [-0.4, -0.2) is 44.6 Å². The van der Waals surface area contributed by atoms with E-state index in [0.717, 1.165) is 5.56 Å². The Labute approximate surface area is 156 Å². The normalized spacial score (nSPS) is 10.6. The highest BCUT2D eigenvalue weighted by molar-refractivity contribution is 5.94. The quantitative estimate of drug-likeness (QED) is 0.702. The second-order valence-electron chi connectivity index (χ2n) is 5.79. The smallest absolute Gasteiger partial charge is 0.254 e. The van der Waals surface area contributed by atoms with Crippen molar-refractivity contribution in [2.24, 2.45) is 0 Å². The van der Waals surface area contributed by atoms with Crippen LogP contribution in [0.3, 0.4) is 0 Å². The van der Waals surface area contributed by atoms with Crippen LogP contribution < -0.4 is 10.5 Å². The topological polar surface area (TPSA) is 120 Å². The van der Waals surface area contributed by atoms with Crippen molar-refractivity contribution in [2.45, 2.75) is 20.4 Å². The first-order chi connectivity index (χ1) is 13.0. The van der Waals surface area contributed by atoms with Crippen molar-refractivity contribution in [1.29, 1.82) is 0 Å². The maximum Gasteiger partial charge on any atom is 0.254 e. The number of nitrogen functional groups attached to an aromatic ring is 1. The van der Waals surface area contributed by atoms with Crippen LogP contribution in [0.5, 0.6) is 5.88 Å². The van der Waals surface area contributed by atoms with Crippen molar-refractivity contribution in [3.05, 3.63) is 47.6 Å². The Morgan fingerprint density at radius 1 is 1.22 bits per heavy atom. The second kappa shape index (κ2) is 7.81. The number of amides is 1. The zero-order valence-corrected chi connectivity index (χ0v) is 15.3. The van der Waals surface area contributed by atoms with Crippen LogP contribution in [0.2, 0.25) is 0 Å². The average Bonchev–Trinajstić information content (AvgIpc) is 3.10. The molecule has 0 spiro atoms. The lowest BCUT2D eigenvalue weighted by Gasteiger charge is -2.19. The molecule has 3 rings (SSSR count). The van der Waals surface area contributed by atoms with Crippen LogP contribution in [0.25, 0.3) is 11.3 Å². The van der Waals surface area contributed by atoms with Gasteiger partial charge in [-0.3, -0.25) is 4.79 Å². The van der Waals surface area contributed by atoms with Gasteiger partial charge in [0.25, 0.3) is 5.91 Å². The van der Waals surface area contributed by atoms with E-state index in [1.54, 1.807) is 42.2 Å². The third-order valence-corrected chi connectivity index (χ3v) is 3.92. The van der Waals surface area contributed by atoms with E-state index < -0.39 is 0 Å². The van der Waals surface area contributed by atoms with E-state index >= 15 is 0 Å². The van der Waals surface area contributed by atoms with E-state index in [-0.39, 0.29) is 18.4 Å². The summed E-state index contributed by atoms with van der Waals surface area (Å²) >= 11 is 0. The monoisotopic (exact) mass is 368 g/mol. The van der Waals surface area contributed by atoms with Gasteiger partial charge in [-0.2, -0.15) is 9.97 Å². The summed E-state index contributed by atoms with van der Waals surface area (Å²) in [4.78, 5) is 26.7. The van der Waals surface area contributed by atoms with Gasteiger partial charge in [-0.1, -0.05) is 17.3 Å². The molecule has 9 heteroatoms. The summed E-state index contributed by atoms with van der Waals surface area (Å²) in [5.41, 5.74) is 7.67. The molecule has 9 nitrogen and oxygen atoms in total. The van der Waals surface area contributed by atoms with Gasteiger partial charge in [0.05, 0.1) is 12.8 Å². The van der Waals surface area contributed by atoms with Crippen LogP contribution in [0, 0.1) is 6.92 Å². The molecule has 1 amide bonds. The summed E-state index contributed by atoms with van der Waals surface area (Å²) < 4.78 is 10.2. The molecule has 2 N–H and O–H groups in total. The third kappa shape index (κ3) is 4.20. The molecule has 1 aromatic carbocycles. The number of aryl methyl sites for hydroxylation is 1. The molecule has 0 aliphatic carbocycles. The molecule has 27 heavy (non-hydrogen) atoms. The van der Waals surface area contributed by atoms with Gasteiger partial charge in [0.2, 0.25) is 17.7 Å². The van der Waals surface area contributed by atoms with E-state index in [1.807, 2.05) is 6.92 Å². The number of nitrogens with zero attached hydrogens (tertiary/aromatic N) is 5. The maximum atomic E-state index is 12.8. The van der Waals surface area contributed by atoms with Crippen LogP contribution in [0.4, 0.5) is 5.95 Å². The van der Waals surface area contributed by atoms with Gasteiger partial charge in [0.15, 0.2) is 5.82 Å². The zero-order chi connectivity index (χ0) is 19.4. The maximum absolute atomic E-state index is 12.8. The fourth-order valence-electron chi connectivity index (χ4n) is 2.56. The number of benzene rings is 1. The molecule has 0 aliphatic heterocycles. The Hall–Kier alpha value is -3.49. The van der Waals surface area contributed by atoms with Crippen LogP contribution >= 0.6 is 0 Å². The largest absolute Gasteiger partial charge is 0.481 e. The number of carbonyl (C=O) groups excluding carboxylic acids is 1. The van der Waals surface area contributed by atoms with Gasteiger partial charge in [0.1, 0.15) is 6.54 Å². The van der Waals surface area contributed by atoms with E-state index in [1.165, 1.54) is 7.11 Å². The predicted octanol–water partition coefficient (Wildman–Crippen LogP) is 2.09. The molecule has 0 atom stereocenters. The highest BCUT2D eigenvalue weighted by Gasteiger charge is 2.17. The molecular weight excluding hydrogens is 348 g/mol. The summed E-state index contributed by atoms with van der Waals surface area (Å²) in [6.07, 6.45) is 0.